The number of aromatic amines is 1. The number of hydrogen-bond acceptors (Lipinski definition) is 6. The van der Waals surface area contributed by atoms with E-state index in [1.54, 1.807) is 7.11 Å². The lowest BCUT2D eigenvalue weighted by molar-refractivity contribution is -0.117. The maximum Gasteiger partial charge on any atom is 0.238 e. The Hall–Kier alpha value is -3.01. The van der Waals surface area contributed by atoms with Crippen LogP contribution in [-0.4, -0.2) is 70.3 Å². The van der Waals surface area contributed by atoms with Gasteiger partial charge in [0.2, 0.25) is 10.7 Å². The third-order valence-electron chi connectivity index (χ3n) is 6.09. The van der Waals surface area contributed by atoms with Crippen LogP contribution in [0.4, 0.5) is 5.69 Å². The van der Waals surface area contributed by atoms with Crippen molar-refractivity contribution in [3.63, 3.8) is 0 Å². The van der Waals surface area contributed by atoms with Crippen molar-refractivity contribution < 1.29 is 9.53 Å². The molecule has 0 aliphatic carbocycles. The van der Waals surface area contributed by atoms with Gasteiger partial charge in [0.05, 0.1) is 20.3 Å². The molecule has 4 rings (SSSR count). The monoisotopic (exact) mass is 466 g/mol. The minimum Gasteiger partial charge on any atom is -0.497 e. The molecule has 1 aliphatic heterocycles. The molecule has 0 radical (unpaired) electrons. The van der Waals surface area contributed by atoms with Gasteiger partial charge in [-0.15, -0.1) is 0 Å². The second-order valence-electron chi connectivity index (χ2n) is 8.34. The number of H-pyrrole nitrogens is 1. The summed E-state index contributed by atoms with van der Waals surface area (Å²) in [5.41, 5.74) is 4.13. The minimum atomic E-state index is 0.0251. The third-order valence-corrected chi connectivity index (χ3v) is 6.41. The van der Waals surface area contributed by atoms with Crippen molar-refractivity contribution in [2.24, 2.45) is 0 Å². The highest BCUT2D eigenvalue weighted by molar-refractivity contribution is 7.71. The van der Waals surface area contributed by atoms with Gasteiger partial charge in [-0.25, -0.2) is 4.68 Å². The zero-order chi connectivity index (χ0) is 23.4. The number of nitrogens with one attached hydrogen (secondary N) is 2. The highest BCUT2D eigenvalue weighted by Gasteiger charge is 2.20. The first kappa shape index (κ1) is 23.2. The van der Waals surface area contributed by atoms with Crippen molar-refractivity contribution in [3.8, 4) is 17.1 Å². The molecule has 33 heavy (non-hydrogen) atoms. The molecule has 0 bridgehead atoms. The van der Waals surface area contributed by atoms with E-state index in [0.29, 0.717) is 18.0 Å². The minimum absolute atomic E-state index is 0.0251. The van der Waals surface area contributed by atoms with Crippen molar-refractivity contribution >= 4 is 23.8 Å². The van der Waals surface area contributed by atoms with Crippen LogP contribution in [0.5, 0.6) is 5.75 Å². The molecule has 1 aromatic heterocycles. The molecule has 8 nitrogen and oxygen atoms in total. The molecule has 1 fully saturated rings. The van der Waals surface area contributed by atoms with Gasteiger partial charge < -0.3 is 10.1 Å². The molecular weight excluding hydrogens is 436 g/mol. The molecule has 1 saturated heterocycles. The van der Waals surface area contributed by atoms with Gasteiger partial charge in [0.15, 0.2) is 5.82 Å². The second-order valence-corrected chi connectivity index (χ2v) is 8.71. The summed E-state index contributed by atoms with van der Waals surface area (Å²) in [4.78, 5) is 21.5. The number of methoxy groups -OCH3 is 1. The molecule has 2 aromatic carbocycles. The Morgan fingerprint density at radius 2 is 1.79 bits per heavy atom. The van der Waals surface area contributed by atoms with E-state index in [9.17, 15) is 4.79 Å². The summed E-state index contributed by atoms with van der Waals surface area (Å²) >= 11 is 5.46. The first-order valence-electron chi connectivity index (χ1n) is 11.0. The van der Waals surface area contributed by atoms with Crippen molar-refractivity contribution in [1.82, 2.24) is 24.6 Å². The molecule has 1 amide bonds. The van der Waals surface area contributed by atoms with Crippen LogP contribution in [-0.2, 0) is 11.5 Å². The number of anilines is 1. The second kappa shape index (κ2) is 10.3. The van der Waals surface area contributed by atoms with Crippen LogP contribution in [0, 0.1) is 18.6 Å². The molecule has 2 N–H and O–H groups in total. The van der Waals surface area contributed by atoms with E-state index in [2.05, 4.69) is 38.2 Å². The molecule has 0 atom stereocenters. The van der Waals surface area contributed by atoms with Gasteiger partial charge in [-0.2, -0.15) is 4.98 Å². The fraction of sp³-hybridized carbons (Fsp3) is 0.375. The van der Waals surface area contributed by atoms with Crippen LogP contribution in [0.2, 0.25) is 0 Å². The maximum atomic E-state index is 12.5. The first-order chi connectivity index (χ1) is 15.9. The summed E-state index contributed by atoms with van der Waals surface area (Å²) in [5.74, 6) is 1.57. The number of aromatic nitrogens is 3. The van der Waals surface area contributed by atoms with E-state index in [-0.39, 0.29) is 5.91 Å². The normalized spacial score (nSPS) is 14.9. The van der Waals surface area contributed by atoms with Crippen LogP contribution in [0.25, 0.3) is 11.4 Å². The lowest BCUT2D eigenvalue weighted by Crippen LogP contribution is -2.49. The van der Waals surface area contributed by atoms with Gasteiger partial charge in [0.25, 0.3) is 0 Å². The Balaban J connectivity index is 1.29. The van der Waals surface area contributed by atoms with Crippen molar-refractivity contribution in [1.29, 1.82) is 0 Å². The number of carbonyl (C=O) groups excluding carboxylic acids is 1. The number of rotatable bonds is 7. The van der Waals surface area contributed by atoms with E-state index < -0.39 is 0 Å². The van der Waals surface area contributed by atoms with E-state index in [0.717, 1.165) is 54.6 Å². The predicted octanol–water partition coefficient (Wildman–Crippen LogP) is 3.45. The number of benzene rings is 2. The molecule has 2 heterocycles. The summed E-state index contributed by atoms with van der Waals surface area (Å²) in [7, 11) is 1.65. The lowest BCUT2D eigenvalue weighted by Gasteiger charge is -2.34. The Morgan fingerprint density at radius 1 is 1.09 bits per heavy atom. The molecule has 3 aromatic rings. The average molecular weight is 467 g/mol. The Bertz CT molecular complexity index is 1160. The van der Waals surface area contributed by atoms with Crippen molar-refractivity contribution in [2.45, 2.75) is 20.5 Å². The van der Waals surface area contributed by atoms with Crippen molar-refractivity contribution in [3.05, 3.63) is 58.4 Å². The summed E-state index contributed by atoms with van der Waals surface area (Å²) in [6.07, 6.45) is 0. The lowest BCUT2D eigenvalue weighted by atomic mass is 10.1. The number of aryl methyl sites for hydroxylation is 1. The highest BCUT2D eigenvalue weighted by atomic mass is 32.1. The average Bonchev–Trinajstić information content (AvgIpc) is 3.18. The fourth-order valence-corrected chi connectivity index (χ4v) is 4.09. The summed E-state index contributed by atoms with van der Waals surface area (Å²) < 4.78 is 7.63. The molecule has 0 spiro atoms. The Labute approximate surface area is 199 Å². The van der Waals surface area contributed by atoms with E-state index >= 15 is 0 Å². The third kappa shape index (κ3) is 5.68. The number of nitrogens with zero attached hydrogens (tertiary/aromatic N) is 4. The van der Waals surface area contributed by atoms with Gasteiger partial charge in [-0.05, 0) is 67.5 Å². The SMILES string of the molecule is COc1ccc(-c2nc(=S)n(CN3CCN(CC(=O)Nc4cccc(C)c4C)CC3)[nH]2)cc1. The standard InChI is InChI=1S/C24H30N6O2S/c1-17-5-4-6-21(18(17)2)25-22(31)15-28-11-13-29(14-12-28)16-30-24(33)26-23(27-30)19-7-9-20(32-3)10-8-19/h4-10H,11-16H2,1-3H3,(H,25,31)(H,26,27,33). The zero-order valence-corrected chi connectivity index (χ0v) is 20.1. The summed E-state index contributed by atoms with van der Waals surface area (Å²) in [6, 6.07) is 13.7. The van der Waals surface area contributed by atoms with Crippen LogP contribution in [0.1, 0.15) is 11.1 Å². The fourth-order valence-electron chi connectivity index (χ4n) is 3.90. The topological polar surface area (TPSA) is 78.4 Å². The smallest absolute Gasteiger partial charge is 0.238 e. The molecule has 174 valence electrons. The first-order valence-corrected chi connectivity index (χ1v) is 11.5. The van der Waals surface area contributed by atoms with E-state index in [1.807, 2.05) is 48.0 Å². The van der Waals surface area contributed by atoms with Gasteiger partial charge >= 0.3 is 0 Å². The van der Waals surface area contributed by atoms with Gasteiger partial charge in [0.1, 0.15) is 5.75 Å². The number of piperazine rings is 1. The van der Waals surface area contributed by atoms with E-state index in [1.165, 1.54) is 5.56 Å². The quantitative estimate of drug-likeness (QED) is 0.520. The van der Waals surface area contributed by atoms with Crippen LogP contribution in [0.3, 0.4) is 0 Å². The summed E-state index contributed by atoms with van der Waals surface area (Å²) in [6.45, 7) is 8.49. The van der Waals surface area contributed by atoms with Gasteiger partial charge in [0, 0.05) is 37.4 Å². The Morgan fingerprint density at radius 3 is 2.48 bits per heavy atom. The molecule has 1 aliphatic rings. The predicted molar refractivity (Wildman–Crippen MR) is 132 cm³/mol. The largest absolute Gasteiger partial charge is 0.497 e. The van der Waals surface area contributed by atoms with Crippen molar-refractivity contribution in [2.75, 3.05) is 45.2 Å². The van der Waals surface area contributed by atoms with Crippen LogP contribution < -0.4 is 10.1 Å². The summed E-state index contributed by atoms with van der Waals surface area (Å²) in [5, 5.41) is 6.35. The van der Waals surface area contributed by atoms with Crippen LogP contribution in [0.15, 0.2) is 42.5 Å². The maximum absolute atomic E-state index is 12.5. The number of carbonyl (C=O) groups is 1. The molecule has 0 unspecified atom stereocenters. The number of hydrogen-bond donors (Lipinski definition) is 2. The number of ether oxygens (including phenoxy) is 1. The molecule has 9 heteroatoms. The number of amides is 1. The van der Waals surface area contributed by atoms with Gasteiger partial charge in [-0.3, -0.25) is 19.7 Å². The Kier molecular flexibility index (Phi) is 7.22. The zero-order valence-electron chi connectivity index (χ0n) is 19.3. The van der Waals surface area contributed by atoms with Gasteiger partial charge in [-0.1, -0.05) is 12.1 Å². The molecular formula is C24H30N6O2S. The van der Waals surface area contributed by atoms with Crippen LogP contribution >= 0.6 is 12.2 Å². The highest BCUT2D eigenvalue weighted by Crippen LogP contribution is 2.20. The van der Waals surface area contributed by atoms with E-state index in [4.69, 9.17) is 17.0 Å². The molecule has 0 saturated carbocycles.